The SMILES string of the molecule is CCOC(=O)c1c(CC(N)(C(=O)OCC)C(=O)OCC)cc(OC)cc1OS(=O)(=O)c1ccc(C)cc1. The predicted molar refractivity (Wildman–Crippen MR) is 132 cm³/mol. The summed E-state index contributed by atoms with van der Waals surface area (Å²) in [5.74, 6) is -3.54. The Balaban J connectivity index is 2.74. The quantitative estimate of drug-likeness (QED) is 0.183. The van der Waals surface area contributed by atoms with E-state index in [1.54, 1.807) is 26.0 Å². The number of esters is 3. The van der Waals surface area contributed by atoms with E-state index in [1.165, 1.54) is 45.2 Å². The van der Waals surface area contributed by atoms with Gasteiger partial charge in [0, 0.05) is 12.5 Å². The summed E-state index contributed by atoms with van der Waals surface area (Å²) in [5.41, 5.74) is 4.24. The van der Waals surface area contributed by atoms with Gasteiger partial charge in [0.15, 0.2) is 5.75 Å². The van der Waals surface area contributed by atoms with Gasteiger partial charge in [-0.15, -0.1) is 0 Å². The molecule has 11 nitrogen and oxygen atoms in total. The van der Waals surface area contributed by atoms with Gasteiger partial charge < -0.3 is 28.9 Å². The molecular formula is C25H31NO10S. The molecule has 0 saturated carbocycles. The van der Waals surface area contributed by atoms with Gasteiger partial charge in [-0.25, -0.2) is 14.4 Å². The molecule has 0 aromatic heterocycles. The first-order chi connectivity index (χ1) is 17.4. The maximum atomic E-state index is 13.0. The van der Waals surface area contributed by atoms with Crippen molar-refractivity contribution >= 4 is 28.0 Å². The minimum Gasteiger partial charge on any atom is -0.497 e. The van der Waals surface area contributed by atoms with Gasteiger partial charge in [0.2, 0.25) is 5.54 Å². The molecule has 2 aromatic carbocycles. The largest absolute Gasteiger partial charge is 0.497 e. The molecule has 202 valence electrons. The summed E-state index contributed by atoms with van der Waals surface area (Å²) in [4.78, 5) is 38.4. The van der Waals surface area contributed by atoms with E-state index in [2.05, 4.69) is 0 Å². The van der Waals surface area contributed by atoms with Crippen LogP contribution in [0.15, 0.2) is 41.3 Å². The molecule has 0 saturated heterocycles. The molecule has 12 heteroatoms. The molecule has 0 aliphatic heterocycles. The Morgan fingerprint density at radius 1 is 0.892 bits per heavy atom. The molecule has 0 unspecified atom stereocenters. The number of benzene rings is 2. The summed E-state index contributed by atoms with van der Waals surface area (Å²) in [6.45, 7) is 6.18. The monoisotopic (exact) mass is 537 g/mol. The third-order valence-corrected chi connectivity index (χ3v) is 6.38. The van der Waals surface area contributed by atoms with E-state index >= 15 is 0 Å². The molecule has 0 aliphatic rings. The molecule has 2 N–H and O–H groups in total. The summed E-state index contributed by atoms with van der Waals surface area (Å²) in [5, 5.41) is 0. The van der Waals surface area contributed by atoms with Crippen LogP contribution >= 0.6 is 0 Å². The molecule has 0 atom stereocenters. The summed E-state index contributed by atoms with van der Waals surface area (Å²) in [6, 6.07) is 8.36. The van der Waals surface area contributed by atoms with Crippen molar-refractivity contribution in [2.75, 3.05) is 26.9 Å². The lowest BCUT2D eigenvalue weighted by atomic mass is 9.88. The molecule has 0 radical (unpaired) electrons. The molecule has 2 rings (SSSR count). The summed E-state index contributed by atoms with van der Waals surface area (Å²) >= 11 is 0. The highest BCUT2D eigenvalue weighted by Crippen LogP contribution is 2.34. The van der Waals surface area contributed by atoms with Crippen molar-refractivity contribution in [3.63, 3.8) is 0 Å². The summed E-state index contributed by atoms with van der Waals surface area (Å²) in [6.07, 6.45) is -0.614. The second kappa shape index (κ2) is 12.5. The second-order valence-electron chi connectivity index (χ2n) is 7.82. The molecule has 0 spiro atoms. The molecule has 2 aromatic rings. The number of ether oxygens (including phenoxy) is 4. The standard InChI is InChI=1S/C25H31NO10S/c1-6-33-22(27)21-17(15-25(26,23(28)34-7-2)24(29)35-8-3)13-18(32-5)14-20(21)36-37(30,31)19-11-9-16(4)10-12-19/h9-14H,6-8,15,26H2,1-5H3. The molecule has 0 amide bonds. The molecule has 0 fully saturated rings. The van der Waals surface area contributed by atoms with Gasteiger partial charge in [-0.1, -0.05) is 17.7 Å². The van der Waals surface area contributed by atoms with E-state index < -0.39 is 45.7 Å². The highest BCUT2D eigenvalue weighted by molar-refractivity contribution is 7.87. The highest BCUT2D eigenvalue weighted by atomic mass is 32.2. The van der Waals surface area contributed by atoms with Gasteiger partial charge in [-0.2, -0.15) is 8.42 Å². The fourth-order valence-corrected chi connectivity index (χ4v) is 4.26. The summed E-state index contributed by atoms with van der Waals surface area (Å²) in [7, 11) is -3.11. The number of methoxy groups -OCH3 is 1. The van der Waals surface area contributed by atoms with Gasteiger partial charge >= 0.3 is 28.0 Å². The van der Waals surface area contributed by atoms with E-state index in [4.69, 9.17) is 28.9 Å². The van der Waals surface area contributed by atoms with Crippen LogP contribution in [0, 0.1) is 6.92 Å². The van der Waals surface area contributed by atoms with Crippen LogP contribution in [-0.4, -0.2) is 58.8 Å². The van der Waals surface area contributed by atoms with E-state index in [9.17, 15) is 22.8 Å². The zero-order chi connectivity index (χ0) is 27.8. The Hall–Kier alpha value is -3.64. The van der Waals surface area contributed by atoms with Crippen molar-refractivity contribution in [3.05, 3.63) is 53.1 Å². The van der Waals surface area contributed by atoms with Crippen molar-refractivity contribution in [2.24, 2.45) is 5.73 Å². The minimum absolute atomic E-state index is 0.0576. The maximum absolute atomic E-state index is 13.0. The zero-order valence-corrected chi connectivity index (χ0v) is 22.2. The second-order valence-corrected chi connectivity index (χ2v) is 9.37. The number of hydrogen-bond acceptors (Lipinski definition) is 11. The Kier molecular flexibility index (Phi) is 10.0. The third kappa shape index (κ3) is 6.98. The first-order valence-electron chi connectivity index (χ1n) is 11.5. The molecular weight excluding hydrogens is 506 g/mol. The Morgan fingerprint density at radius 3 is 1.92 bits per heavy atom. The lowest BCUT2D eigenvalue weighted by Gasteiger charge is -2.26. The van der Waals surface area contributed by atoms with Gasteiger partial charge in [0.25, 0.3) is 0 Å². The van der Waals surface area contributed by atoms with Crippen molar-refractivity contribution in [1.82, 2.24) is 0 Å². The average Bonchev–Trinajstić information content (AvgIpc) is 2.84. The van der Waals surface area contributed by atoms with Gasteiger partial charge in [0.05, 0.1) is 26.9 Å². The fraction of sp³-hybridized carbons (Fsp3) is 0.400. The van der Waals surface area contributed by atoms with Crippen molar-refractivity contribution < 1.29 is 45.9 Å². The highest BCUT2D eigenvalue weighted by Gasteiger charge is 2.46. The van der Waals surface area contributed by atoms with Gasteiger partial charge in [0.1, 0.15) is 16.2 Å². The molecule has 37 heavy (non-hydrogen) atoms. The third-order valence-electron chi connectivity index (χ3n) is 5.13. The lowest BCUT2D eigenvalue weighted by molar-refractivity contribution is -0.164. The number of nitrogens with two attached hydrogens (primary N) is 1. The number of hydrogen-bond donors (Lipinski definition) is 1. The summed E-state index contributed by atoms with van der Waals surface area (Å²) < 4.78 is 51.8. The smallest absolute Gasteiger partial charge is 0.342 e. The molecule has 0 aliphatic carbocycles. The number of rotatable bonds is 12. The number of carbonyl (C=O) groups excluding carboxylic acids is 3. The van der Waals surface area contributed by atoms with Gasteiger partial charge in [-0.3, -0.25) is 0 Å². The Bertz CT molecular complexity index is 1220. The van der Waals surface area contributed by atoms with Crippen molar-refractivity contribution in [2.45, 2.75) is 44.6 Å². The zero-order valence-electron chi connectivity index (χ0n) is 21.4. The fourth-order valence-electron chi connectivity index (χ4n) is 3.32. The Labute approximate surface area is 215 Å². The Morgan fingerprint density at radius 2 is 1.43 bits per heavy atom. The van der Waals surface area contributed by atoms with E-state index in [0.29, 0.717) is 0 Å². The van der Waals surface area contributed by atoms with Crippen molar-refractivity contribution in [3.8, 4) is 11.5 Å². The van der Waals surface area contributed by atoms with Crippen LogP contribution in [0.1, 0.15) is 42.3 Å². The van der Waals surface area contributed by atoms with Gasteiger partial charge in [-0.05, 0) is 51.5 Å². The van der Waals surface area contributed by atoms with Crippen LogP contribution in [0.3, 0.4) is 0 Å². The topological polar surface area (TPSA) is 158 Å². The normalized spacial score (nSPS) is 11.4. The van der Waals surface area contributed by atoms with Crippen LogP contribution in [-0.2, 0) is 40.3 Å². The molecule has 0 bridgehead atoms. The predicted octanol–water partition coefficient (Wildman–Crippen LogP) is 2.31. The maximum Gasteiger partial charge on any atom is 0.342 e. The molecule has 0 heterocycles. The van der Waals surface area contributed by atoms with Crippen LogP contribution in [0.4, 0.5) is 0 Å². The van der Waals surface area contributed by atoms with Crippen LogP contribution in [0.5, 0.6) is 11.5 Å². The first-order valence-corrected chi connectivity index (χ1v) is 12.9. The van der Waals surface area contributed by atoms with Crippen LogP contribution in [0.25, 0.3) is 0 Å². The van der Waals surface area contributed by atoms with E-state index in [0.717, 1.165) is 5.56 Å². The number of carbonyl (C=O) groups is 3. The van der Waals surface area contributed by atoms with Crippen molar-refractivity contribution in [1.29, 1.82) is 0 Å². The van der Waals surface area contributed by atoms with Crippen LogP contribution in [0.2, 0.25) is 0 Å². The number of aryl methyl sites for hydroxylation is 1. The lowest BCUT2D eigenvalue weighted by Crippen LogP contribution is -2.58. The van der Waals surface area contributed by atoms with E-state index in [-0.39, 0.29) is 41.6 Å². The first kappa shape index (κ1) is 29.6. The minimum atomic E-state index is -4.41. The van der Waals surface area contributed by atoms with Crippen LogP contribution < -0.4 is 14.7 Å². The van der Waals surface area contributed by atoms with E-state index in [1.807, 2.05) is 0 Å². The average molecular weight is 538 g/mol.